The van der Waals surface area contributed by atoms with Crippen LogP contribution < -0.4 is 10.6 Å². The number of imidazole rings is 2. The average Bonchev–Trinajstić information content (AvgIpc) is 4.20. The van der Waals surface area contributed by atoms with Crippen LogP contribution in [-0.4, -0.2) is 81.0 Å². The van der Waals surface area contributed by atoms with E-state index in [1.165, 1.54) is 14.2 Å². The molecule has 2 aliphatic rings. The summed E-state index contributed by atoms with van der Waals surface area (Å²) in [7, 11) is 2.57. The number of hydrogen-bond donors (Lipinski definition) is 4. The first kappa shape index (κ1) is 42.0. The fourth-order valence-electron chi connectivity index (χ4n) is 9.52. The number of fused-ring (bicyclic) bond motifs is 3. The average molecular weight is 881 g/mol. The van der Waals surface area contributed by atoms with Gasteiger partial charge in [-0.3, -0.25) is 9.59 Å². The van der Waals surface area contributed by atoms with E-state index >= 15 is 0 Å². The molecular formula is C52H48N8O6. The molecule has 0 spiro atoms. The van der Waals surface area contributed by atoms with Gasteiger partial charge in [0.25, 0.3) is 11.8 Å². The van der Waals surface area contributed by atoms with Crippen LogP contribution in [0.1, 0.15) is 72.6 Å². The number of ether oxygens (including phenoxy) is 2. The zero-order valence-corrected chi connectivity index (χ0v) is 36.5. The summed E-state index contributed by atoms with van der Waals surface area (Å²) < 4.78 is 9.73. The number of alkyl carbamates (subject to hydrolysis) is 2. The highest BCUT2D eigenvalue weighted by Gasteiger charge is 2.38. The number of H-pyrrole nitrogens is 2. The van der Waals surface area contributed by atoms with Crippen molar-refractivity contribution in [2.24, 2.45) is 0 Å². The van der Waals surface area contributed by atoms with Crippen LogP contribution in [0.15, 0.2) is 133 Å². The Hall–Kier alpha value is -8.00. The summed E-state index contributed by atoms with van der Waals surface area (Å²) in [5.74, 6) is 0.991. The van der Waals surface area contributed by atoms with Gasteiger partial charge in [-0.15, -0.1) is 0 Å². The lowest BCUT2D eigenvalue weighted by atomic mass is 9.97. The zero-order chi connectivity index (χ0) is 45.3. The van der Waals surface area contributed by atoms with Crippen molar-refractivity contribution in [1.29, 1.82) is 0 Å². The van der Waals surface area contributed by atoms with E-state index in [1.54, 1.807) is 9.80 Å². The Balaban J connectivity index is 0.883. The number of likely N-dealkylation sites (tertiary alicyclic amines) is 2. The number of nitrogens with zero attached hydrogens (tertiary/aromatic N) is 4. The summed E-state index contributed by atoms with van der Waals surface area (Å²) in [4.78, 5) is 73.3. The van der Waals surface area contributed by atoms with Gasteiger partial charge < -0.3 is 39.9 Å². The van der Waals surface area contributed by atoms with Crippen molar-refractivity contribution >= 4 is 56.8 Å². The maximum atomic E-state index is 14.1. The molecule has 4 N–H and O–H groups in total. The first-order valence-corrected chi connectivity index (χ1v) is 22.2. The standard InChI is InChI=1S/C52H48N8O6/c1-65-51(63)57-45(32-11-5-3-6-12-32)49(61)59-25-9-15-43(59)47-53-39-23-21-36(29-41(39)55-47)34-19-17-31-18-20-35(28-38(31)27-34)37-22-24-40-42(30-37)56-48(54-40)44-16-10-26-60(44)50(62)46(58-52(64)66-2)33-13-7-4-8-14-33/h3-8,11-14,17-24,27-30,43-46H,9-10,15-16,25-26H2,1-2H3,(H,53,55)(H,54,56)(H,57,63)(H,58,64)/t43-,44-,45+,46+/m0/s1. The lowest BCUT2D eigenvalue weighted by Gasteiger charge is -2.28. The zero-order valence-electron chi connectivity index (χ0n) is 36.5. The minimum absolute atomic E-state index is 0.214. The summed E-state index contributed by atoms with van der Waals surface area (Å²) in [6.45, 7) is 1.09. The summed E-state index contributed by atoms with van der Waals surface area (Å²) in [5, 5.41) is 7.66. The number of methoxy groups -OCH3 is 2. The first-order valence-electron chi connectivity index (χ1n) is 22.2. The molecule has 0 radical (unpaired) electrons. The molecule has 2 saturated heterocycles. The van der Waals surface area contributed by atoms with Crippen LogP contribution in [0, 0.1) is 0 Å². The van der Waals surface area contributed by atoms with Crippen LogP contribution in [0.25, 0.3) is 55.1 Å². The van der Waals surface area contributed by atoms with Crippen LogP contribution in [0.3, 0.4) is 0 Å². The lowest BCUT2D eigenvalue weighted by molar-refractivity contribution is -0.135. The van der Waals surface area contributed by atoms with Gasteiger partial charge in [0, 0.05) is 13.1 Å². The Kier molecular flexibility index (Phi) is 11.4. The third-order valence-corrected chi connectivity index (χ3v) is 12.9. The molecule has 66 heavy (non-hydrogen) atoms. The molecule has 10 rings (SSSR count). The fraction of sp³-hybridized carbons (Fsp3) is 0.231. The Labute approximate surface area is 380 Å². The Morgan fingerprint density at radius 3 is 1.38 bits per heavy atom. The second-order valence-corrected chi connectivity index (χ2v) is 16.8. The summed E-state index contributed by atoms with van der Waals surface area (Å²) in [6.07, 6.45) is 1.76. The van der Waals surface area contributed by atoms with E-state index < -0.39 is 24.3 Å². The quantitative estimate of drug-likeness (QED) is 0.105. The van der Waals surface area contributed by atoms with E-state index in [0.717, 1.165) is 80.8 Å². The highest BCUT2D eigenvalue weighted by Crippen LogP contribution is 2.37. The Bertz CT molecular complexity index is 2910. The molecule has 2 aromatic heterocycles. The number of benzene rings is 6. The SMILES string of the molecule is COC(=O)N[C@@H](C(=O)N1CCC[C@H]1c1nc2ccc(-c3ccc4ccc(-c5ccc6nc([C@@H]7CCCN7C(=O)[C@H](NC(=O)OC)c7ccccc7)[nH]c6c5)cc4c3)cc2[nH]1)c1ccccc1. The van der Waals surface area contributed by atoms with Crippen LogP contribution in [-0.2, 0) is 19.1 Å². The lowest BCUT2D eigenvalue weighted by Crippen LogP contribution is -2.42. The van der Waals surface area contributed by atoms with Crippen LogP contribution in [0.2, 0.25) is 0 Å². The van der Waals surface area contributed by atoms with Crippen molar-refractivity contribution in [3.8, 4) is 22.3 Å². The van der Waals surface area contributed by atoms with Gasteiger partial charge in [-0.2, -0.15) is 0 Å². The molecule has 332 valence electrons. The second-order valence-electron chi connectivity index (χ2n) is 16.8. The van der Waals surface area contributed by atoms with Crippen molar-refractivity contribution in [1.82, 2.24) is 40.4 Å². The summed E-state index contributed by atoms with van der Waals surface area (Å²) >= 11 is 0. The number of rotatable bonds is 10. The molecule has 4 amide bonds. The molecule has 0 aliphatic carbocycles. The minimum Gasteiger partial charge on any atom is -0.453 e. The normalized spacial score (nSPS) is 16.9. The van der Waals surface area contributed by atoms with Crippen molar-refractivity contribution in [2.75, 3.05) is 27.3 Å². The van der Waals surface area contributed by atoms with E-state index in [-0.39, 0.29) is 23.9 Å². The highest BCUT2D eigenvalue weighted by molar-refractivity contribution is 5.94. The molecule has 14 nitrogen and oxygen atoms in total. The molecule has 4 heterocycles. The largest absolute Gasteiger partial charge is 0.453 e. The predicted octanol–water partition coefficient (Wildman–Crippen LogP) is 9.45. The third-order valence-electron chi connectivity index (χ3n) is 12.9. The number of hydrogen-bond acceptors (Lipinski definition) is 8. The number of aromatic amines is 2. The van der Waals surface area contributed by atoms with Crippen LogP contribution in [0.5, 0.6) is 0 Å². The molecule has 2 aliphatic heterocycles. The molecule has 2 fully saturated rings. The molecule has 6 aromatic carbocycles. The molecule has 14 heteroatoms. The summed E-state index contributed by atoms with van der Waals surface area (Å²) in [6, 6.07) is 41.3. The molecule has 0 unspecified atom stereocenters. The topological polar surface area (TPSA) is 175 Å². The van der Waals surface area contributed by atoms with E-state index in [2.05, 4.69) is 81.3 Å². The number of nitrogens with one attached hydrogen (secondary N) is 4. The molecular weight excluding hydrogens is 833 g/mol. The number of carbonyl (C=O) groups is 4. The third kappa shape index (κ3) is 8.17. The van der Waals surface area contributed by atoms with Gasteiger partial charge in [0.1, 0.15) is 23.7 Å². The molecule has 0 bridgehead atoms. The number of carbonyl (C=O) groups excluding carboxylic acids is 4. The maximum Gasteiger partial charge on any atom is 0.407 e. The van der Waals surface area contributed by atoms with Gasteiger partial charge in [0.05, 0.1) is 48.4 Å². The van der Waals surface area contributed by atoms with Gasteiger partial charge in [0.15, 0.2) is 0 Å². The summed E-state index contributed by atoms with van der Waals surface area (Å²) in [5.41, 5.74) is 8.86. The van der Waals surface area contributed by atoms with E-state index in [0.29, 0.717) is 35.9 Å². The van der Waals surface area contributed by atoms with Crippen LogP contribution in [0.4, 0.5) is 9.59 Å². The smallest absolute Gasteiger partial charge is 0.407 e. The van der Waals surface area contributed by atoms with E-state index in [4.69, 9.17) is 19.4 Å². The predicted molar refractivity (Wildman–Crippen MR) is 251 cm³/mol. The van der Waals surface area contributed by atoms with Crippen LogP contribution >= 0.6 is 0 Å². The van der Waals surface area contributed by atoms with Gasteiger partial charge in [-0.05, 0) is 106 Å². The van der Waals surface area contributed by atoms with Gasteiger partial charge >= 0.3 is 12.2 Å². The molecule has 0 saturated carbocycles. The van der Waals surface area contributed by atoms with E-state index in [9.17, 15) is 19.2 Å². The Morgan fingerprint density at radius 2 is 0.955 bits per heavy atom. The van der Waals surface area contributed by atoms with Crippen molar-refractivity contribution in [2.45, 2.75) is 49.9 Å². The monoisotopic (exact) mass is 880 g/mol. The van der Waals surface area contributed by atoms with Crippen molar-refractivity contribution < 1.29 is 28.7 Å². The maximum absolute atomic E-state index is 14.1. The Morgan fingerprint density at radius 1 is 0.545 bits per heavy atom. The van der Waals surface area contributed by atoms with E-state index in [1.807, 2.05) is 72.8 Å². The number of aromatic nitrogens is 4. The van der Waals surface area contributed by atoms with Gasteiger partial charge in [0.2, 0.25) is 0 Å². The van der Waals surface area contributed by atoms with Gasteiger partial charge in [-0.1, -0.05) is 97.1 Å². The highest BCUT2D eigenvalue weighted by atomic mass is 16.5. The molecule has 4 atom stereocenters. The minimum atomic E-state index is -0.893. The van der Waals surface area contributed by atoms with Gasteiger partial charge in [-0.25, -0.2) is 19.6 Å². The van der Waals surface area contributed by atoms with Crippen molar-refractivity contribution in [3.05, 3.63) is 156 Å². The van der Waals surface area contributed by atoms with Crippen molar-refractivity contribution in [3.63, 3.8) is 0 Å². The fourth-order valence-corrected chi connectivity index (χ4v) is 9.52. The number of amides is 4. The first-order chi connectivity index (χ1) is 32.2. The second kappa shape index (κ2) is 17.9. The molecule has 8 aromatic rings.